The Morgan fingerprint density at radius 3 is 2.46 bits per heavy atom. The van der Waals surface area contributed by atoms with E-state index in [4.69, 9.17) is 0 Å². The molecule has 4 heteroatoms. The largest absolute Gasteiger partial charge is 0.282 e. The summed E-state index contributed by atoms with van der Waals surface area (Å²) in [5.74, 6) is 0.619. The molecule has 0 N–H and O–H groups in total. The van der Waals surface area contributed by atoms with Crippen LogP contribution in [0.3, 0.4) is 0 Å². The Bertz CT molecular complexity index is 238. The summed E-state index contributed by atoms with van der Waals surface area (Å²) in [4.78, 5) is 24.4. The molecule has 74 valence electrons. The molecule has 1 aliphatic heterocycles. The number of carbonyl (C=O) groups is 2. The van der Waals surface area contributed by atoms with Crippen LogP contribution < -0.4 is 0 Å². The van der Waals surface area contributed by atoms with Gasteiger partial charge in [-0.1, -0.05) is 13.8 Å². The van der Waals surface area contributed by atoms with Gasteiger partial charge in [-0.05, 0) is 12.2 Å². The summed E-state index contributed by atoms with van der Waals surface area (Å²) in [6.07, 6.45) is 1.12. The first-order chi connectivity index (χ1) is 5.99. The van der Waals surface area contributed by atoms with Gasteiger partial charge < -0.3 is 0 Å². The van der Waals surface area contributed by atoms with Crippen LogP contribution in [-0.4, -0.2) is 29.0 Å². The minimum absolute atomic E-state index is 0.0423. The van der Waals surface area contributed by atoms with Crippen molar-refractivity contribution in [2.24, 2.45) is 5.41 Å². The number of rotatable bonds is 3. The van der Waals surface area contributed by atoms with E-state index in [0.717, 1.165) is 6.42 Å². The first-order valence-electron chi connectivity index (χ1n) is 4.45. The van der Waals surface area contributed by atoms with E-state index in [0.29, 0.717) is 18.7 Å². The van der Waals surface area contributed by atoms with Crippen molar-refractivity contribution in [2.75, 3.05) is 12.3 Å². The average molecular weight is 201 g/mol. The first kappa shape index (κ1) is 10.6. The van der Waals surface area contributed by atoms with E-state index in [1.165, 1.54) is 4.90 Å². The maximum absolute atomic E-state index is 11.6. The minimum atomic E-state index is -0.492. The molecule has 0 aromatic rings. The van der Waals surface area contributed by atoms with E-state index in [1.54, 1.807) is 0 Å². The van der Waals surface area contributed by atoms with Gasteiger partial charge in [-0.15, -0.1) is 0 Å². The van der Waals surface area contributed by atoms with Crippen LogP contribution in [0.1, 0.15) is 26.7 Å². The SMILES string of the molecule is CC1(C)CC(=O)N(CCCS)C1=O. The summed E-state index contributed by atoms with van der Waals surface area (Å²) in [5, 5.41) is 0. The zero-order valence-corrected chi connectivity index (χ0v) is 8.93. The molecule has 0 aliphatic carbocycles. The highest BCUT2D eigenvalue weighted by molar-refractivity contribution is 7.80. The van der Waals surface area contributed by atoms with Crippen molar-refractivity contribution in [1.29, 1.82) is 0 Å². The summed E-state index contributed by atoms with van der Waals surface area (Å²) in [6, 6.07) is 0. The molecule has 0 unspecified atom stereocenters. The third-order valence-corrected chi connectivity index (χ3v) is 2.57. The molecular formula is C9H15NO2S. The Morgan fingerprint density at radius 2 is 2.08 bits per heavy atom. The summed E-state index contributed by atoms with van der Waals surface area (Å²) in [5.41, 5.74) is -0.492. The monoisotopic (exact) mass is 201 g/mol. The molecule has 0 spiro atoms. The molecule has 1 rings (SSSR count). The number of carbonyl (C=O) groups excluding carboxylic acids is 2. The quantitative estimate of drug-likeness (QED) is 0.548. The van der Waals surface area contributed by atoms with Crippen LogP contribution in [0.15, 0.2) is 0 Å². The molecule has 0 saturated carbocycles. The van der Waals surface area contributed by atoms with E-state index in [2.05, 4.69) is 12.6 Å². The van der Waals surface area contributed by atoms with Gasteiger partial charge in [0.05, 0.1) is 5.41 Å². The molecule has 0 aromatic heterocycles. The number of hydrogen-bond acceptors (Lipinski definition) is 3. The number of nitrogens with zero attached hydrogens (tertiary/aromatic N) is 1. The Balaban J connectivity index is 2.66. The number of thiol groups is 1. The van der Waals surface area contributed by atoms with Gasteiger partial charge >= 0.3 is 0 Å². The second-order valence-corrected chi connectivity index (χ2v) is 4.44. The van der Waals surface area contributed by atoms with Crippen molar-refractivity contribution in [3.05, 3.63) is 0 Å². The molecule has 3 nitrogen and oxygen atoms in total. The Kier molecular flexibility index (Phi) is 3.01. The van der Waals surface area contributed by atoms with Gasteiger partial charge in [-0.2, -0.15) is 12.6 Å². The Labute approximate surface area is 83.9 Å². The molecule has 1 fully saturated rings. The van der Waals surface area contributed by atoms with Crippen LogP contribution in [0.2, 0.25) is 0 Å². The van der Waals surface area contributed by atoms with Crippen molar-refractivity contribution in [1.82, 2.24) is 4.90 Å². The topological polar surface area (TPSA) is 37.4 Å². The van der Waals surface area contributed by atoms with Crippen LogP contribution in [0, 0.1) is 5.41 Å². The zero-order chi connectivity index (χ0) is 10.1. The maximum atomic E-state index is 11.6. The third kappa shape index (κ3) is 2.05. The highest BCUT2D eigenvalue weighted by Crippen LogP contribution is 2.31. The summed E-state index contributed by atoms with van der Waals surface area (Å²) < 4.78 is 0. The van der Waals surface area contributed by atoms with Crippen LogP contribution in [0.4, 0.5) is 0 Å². The molecule has 0 aromatic carbocycles. The smallest absolute Gasteiger partial charge is 0.235 e. The predicted molar refractivity (Wildman–Crippen MR) is 53.6 cm³/mol. The van der Waals surface area contributed by atoms with Crippen LogP contribution in [0.5, 0.6) is 0 Å². The van der Waals surface area contributed by atoms with E-state index < -0.39 is 5.41 Å². The highest BCUT2D eigenvalue weighted by Gasteiger charge is 2.44. The van der Waals surface area contributed by atoms with Gasteiger partial charge in [0, 0.05) is 13.0 Å². The van der Waals surface area contributed by atoms with E-state index in [9.17, 15) is 9.59 Å². The molecule has 1 aliphatic rings. The number of likely N-dealkylation sites (tertiary alicyclic amines) is 1. The molecule has 1 saturated heterocycles. The molecule has 2 amide bonds. The molecule has 13 heavy (non-hydrogen) atoms. The van der Waals surface area contributed by atoms with Crippen molar-refractivity contribution in [3.63, 3.8) is 0 Å². The Hall–Kier alpha value is -0.510. The number of amides is 2. The van der Waals surface area contributed by atoms with Crippen LogP contribution in [0.25, 0.3) is 0 Å². The van der Waals surface area contributed by atoms with E-state index in [1.807, 2.05) is 13.8 Å². The minimum Gasteiger partial charge on any atom is -0.282 e. The average Bonchev–Trinajstić information content (AvgIpc) is 2.21. The van der Waals surface area contributed by atoms with Gasteiger partial charge in [0.1, 0.15) is 0 Å². The third-order valence-electron chi connectivity index (χ3n) is 2.26. The first-order valence-corrected chi connectivity index (χ1v) is 5.08. The van der Waals surface area contributed by atoms with Crippen molar-refractivity contribution >= 4 is 24.4 Å². The fraction of sp³-hybridized carbons (Fsp3) is 0.778. The van der Waals surface area contributed by atoms with E-state index in [-0.39, 0.29) is 11.8 Å². The zero-order valence-electron chi connectivity index (χ0n) is 8.04. The highest BCUT2D eigenvalue weighted by atomic mass is 32.1. The predicted octanol–water partition coefficient (Wildman–Crippen LogP) is 1.09. The van der Waals surface area contributed by atoms with Crippen LogP contribution >= 0.6 is 12.6 Å². The van der Waals surface area contributed by atoms with Gasteiger partial charge in [0.2, 0.25) is 11.8 Å². The van der Waals surface area contributed by atoms with E-state index >= 15 is 0 Å². The maximum Gasteiger partial charge on any atom is 0.235 e. The van der Waals surface area contributed by atoms with Crippen molar-refractivity contribution in [2.45, 2.75) is 26.7 Å². The Morgan fingerprint density at radius 1 is 1.46 bits per heavy atom. The second-order valence-electron chi connectivity index (χ2n) is 3.99. The fourth-order valence-electron chi connectivity index (χ4n) is 1.48. The molecule has 0 radical (unpaired) electrons. The number of imide groups is 1. The lowest BCUT2D eigenvalue weighted by Crippen LogP contribution is -2.34. The lowest BCUT2D eigenvalue weighted by molar-refractivity contribution is -0.140. The van der Waals surface area contributed by atoms with Gasteiger partial charge in [-0.25, -0.2) is 0 Å². The standard InChI is InChI=1S/C9H15NO2S/c1-9(2)6-7(11)10(8(9)12)4-3-5-13/h13H,3-6H2,1-2H3. The van der Waals surface area contributed by atoms with Gasteiger partial charge in [0.15, 0.2) is 0 Å². The summed E-state index contributed by atoms with van der Waals surface area (Å²) in [6.45, 7) is 4.15. The lowest BCUT2D eigenvalue weighted by atomic mass is 9.92. The van der Waals surface area contributed by atoms with Crippen molar-refractivity contribution in [3.8, 4) is 0 Å². The van der Waals surface area contributed by atoms with Gasteiger partial charge in [0.25, 0.3) is 0 Å². The normalized spacial score (nSPS) is 21.3. The van der Waals surface area contributed by atoms with Gasteiger partial charge in [-0.3, -0.25) is 14.5 Å². The fourth-order valence-corrected chi connectivity index (χ4v) is 1.62. The number of hydrogen-bond donors (Lipinski definition) is 1. The molecular weight excluding hydrogens is 186 g/mol. The molecule has 0 atom stereocenters. The summed E-state index contributed by atoms with van der Waals surface area (Å²) >= 11 is 4.05. The van der Waals surface area contributed by atoms with Crippen LogP contribution in [-0.2, 0) is 9.59 Å². The second kappa shape index (κ2) is 3.70. The molecule has 0 bridgehead atoms. The summed E-state index contributed by atoms with van der Waals surface area (Å²) in [7, 11) is 0. The molecule has 1 heterocycles. The van der Waals surface area contributed by atoms with Crippen molar-refractivity contribution < 1.29 is 9.59 Å². The lowest BCUT2D eigenvalue weighted by Gasteiger charge is -2.16.